The van der Waals surface area contributed by atoms with E-state index in [1.165, 1.54) is 6.20 Å². The SMILES string of the molecule is Cc1ccccc1OCCN(C)c1cn[nH]c(=O)c1Cl. The minimum atomic E-state index is -0.393. The van der Waals surface area contributed by atoms with Crippen LogP contribution in [-0.2, 0) is 0 Å². The van der Waals surface area contributed by atoms with Crippen molar-refractivity contribution < 1.29 is 4.74 Å². The molecule has 0 aliphatic heterocycles. The Labute approximate surface area is 122 Å². The molecule has 0 saturated carbocycles. The Morgan fingerprint density at radius 1 is 1.40 bits per heavy atom. The maximum atomic E-state index is 11.4. The smallest absolute Gasteiger partial charge is 0.285 e. The van der Waals surface area contributed by atoms with E-state index < -0.39 is 5.56 Å². The third-order valence-corrected chi connectivity index (χ3v) is 3.33. The summed E-state index contributed by atoms with van der Waals surface area (Å²) in [6.07, 6.45) is 1.53. The fourth-order valence-corrected chi connectivity index (χ4v) is 2.01. The van der Waals surface area contributed by atoms with Gasteiger partial charge in [0.15, 0.2) is 0 Å². The van der Waals surface area contributed by atoms with Gasteiger partial charge < -0.3 is 9.64 Å². The Balaban J connectivity index is 1.96. The fraction of sp³-hybridized carbons (Fsp3) is 0.286. The summed E-state index contributed by atoms with van der Waals surface area (Å²) in [5.41, 5.74) is 1.28. The van der Waals surface area contributed by atoms with E-state index in [4.69, 9.17) is 16.3 Å². The van der Waals surface area contributed by atoms with Crippen molar-refractivity contribution in [2.24, 2.45) is 0 Å². The second-order valence-electron chi connectivity index (χ2n) is 4.43. The van der Waals surface area contributed by atoms with Gasteiger partial charge in [-0.05, 0) is 18.6 Å². The van der Waals surface area contributed by atoms with Crippen LogP contribution in [0.2, 0.25) is 5.02 Å². The first kappa shape index (κ1) is 14.4. The maximum absolute atomic E-state index is 11.4. The molecule has 0 amide bonds. The predicted molar refractivity (Wildman–Crippen MR) is 79.8 cm³/mol. The zero-order valence-corrected chi connectivity index (χ0v) is 12.1. The summed E-state index contributed by atoms with van der Waals surface area (Å²) in [4.78, 5) is 13.2. The standard InChI is InChI=1S/C14H16ClN3O2/c1-10-5-3-4-6-12(10)20-8-7-18(2)11-9-16-17-14(19)13(11)15/h3-6,9H,7-8H2,1-2H3,(H,17,19). The molecule has 1 heterocycles. The molecule has 0 aliphatic carbocycles. The molecular formula is C14H16ClN3O2. The van der Waals surface area contributed by atoms with Crippen LogP contribution in [-0.4, -0.2) is 30.4 Å². The summed E-state index contributed by atoms with van der Waals surface area (Å²) >= 11 is 5.94. The van der Waals surface area contributed by atoms with Crippen molar-refractivity contribution in [1.29, 1.82) is 0 Å². The third kappa shape index (κ3) is 3.30. The average molecular weight is 294 g/mol. The lowest BCUT2D eigenvalue weighted by Gasteiger charge is -2.20. The van der Waals surface area contributed by atoms with Gasteiger partial charge in [0.25, 0.3) is 5.56 Å². The van der Waals surface area contributed by atoms with Crippen LogP contribution in [0.5, 0.6) is 5.75 Å². The summed E-state index contributed by atoms with van der Waals surface area (Å²) in [5, 5.41) is 6.17. The number of likely N-dealkylation sites (N-methyl/N-ethyl adjacent to an activating group) is 1. The highest BCUT2D eigenvalue weighted by molar-refractivity contribution is 6.32. The molecule has 1 aromatic heterocycles. The molecule has 2 aromatic rings. The van der Waals surface area contributed by atoms with Crippen LogP contribution in [0, 0.1) is 6.92 Å². The number of aromatic nitrogens is 2. The van der Waals surface area contributed by atoms with Crippen molar-refractivity contribution in [3.63, 3.8) is 0 Å². The Morgan fingerprint density at radius 3 is 2.90 bits per heavy atom. The Kier molecular flexibility index (Phi) is 4.63. The number of ether oxygens (including phenoxy) is 1. The fourth-order valence-electron chi connectivity index (χ4n) is 1.77. The van der Waals surface area contributed by atoms with Gasteiger partial charge in [0.2, 0.25) is 0 Å². The predicted octanol–water partition coefficient (Wildman–Crippen LogP) is 2.25. The molecule has 5 nitrogen and oxygen atoms in total. The van der Waals surface area contributed by atoms with Gasteiger partial charge in [0.1, 0.15) is 17.4 Å². The van der Waals surface area contributed by atoms with Gasteiger partial charge in [-0.1, -0.05) is 29.8 Å². The number of hydrogen-bond acceptors (Lipinski definition) is 4. The van der Waals surface area contributed by atoms with Crippen LogP contribution in [0.4, 0.5) is 5.69 Å². The number of nitrogens with zero attached hydrogens (tertiary/aromatic N) is 2. The van der Waals surface area contributed by atoms with E-state index in [1.807, 2.05) is 43.1 Å². The minimum Gasteiger partial charge on any atom is -0.491 e. The van der Waals surface area contributed by atoms with E-state index in [0.29, 0.717) is 18.8 Å². The molecule has 0 fully saturated rings. The van der Waals surface area contributed by atoms with Crippen LogP contribution < -0.4 is 15.2 Å². The summed E-state index contributed by atoms with van der Waals surface area (Å²) in [6.45, 7) is 3.08. The molecule has 0 aliphatic rings. The van der Waals surface area contributed by atoms with Crippen LogP contribution in [0.15, 0.2) is 35.3 Å². The molecule has 0 bridgehead atoms. The van der Waals surface area contributed by atoms with E-state index in [0.717, 1.165) is 11.3 Å². The van der Waals surface area contributed by atoms with Crippen molar-refractivity contribution in [3.8, 4) is 5.75 Å². The molecule has 1 N–H and O–H groups in total. The monoisotopic (exact) mass is 293 g/mol. The van der Waals surface area contributed by atoms with Crippen LogP contribution in [0.25, 0.3) is 0 Å². The lowest BCUT2D eigenvalue weighted by Crippen LogP contribution is -2.26. The van der Waals surface area contributed by atoms with E-state index in [-0.39, 0.29) is 5.02 Å². The van der Waals surface area contributed by atoms with Crippen LogP contribution in [0.3, 0.4) is 0 Å². The summed E-state index contributed by atoms with van der Waals surface area (Å²) in [7, 11) is 1.84. The third-order valence-electron chi connectivity index (χ3n) is 2.97. The lowest BCUT2D eigenvalue weighted by molar-refractivity contribution is 0.324. The van der Waals surface area contributed by atoms with Crippen molar-refractivity contribution >= 4 is 17.3 Å². The highest BCUT2D eigenvalue weighted by Gasteiger charge is 2.09. The van der Waals surface area contributed by atoms with E-state index in [2.05, 4.69) is 10.2 Å². The second kappa shape index (κ2) is 6.43. The zero-order valence-electron chi connectivity index (χ0n) is 11.4. The van der Waals surface area contributed by atoms with Crippen LogP contribution >= 0.6 is 11.6 Å². The molecule has 0 unspecified atom stereocenters. The molecule has 0 saturated heterocycles. The second-order valence-corrected chi connectivity index (χ2v) is 4.81. The Bertz CT molecular complexity index is 642. The van der Waals surface area contributed by atoms with Crippen molar-refractivity contribution in [1.82, 2.24) is 10.2 Å². The number of aryl methyl sites for hydroxylation is 1. The molecule has 0 radical (unpaired) electrons. The highest BCUT2D eigenvalue weighted by Crippen LogP contribution is 2.19. The van der Waals surface area contributed by atoms with Gasteiger partial charge >= 0.3 is 0 Å². The molecule has 0 atom stereocenters. The average Bonchev–Trinajstić information content (AvgIpc) is 2.44. The largest absolute Gasteiger partial charge is 0.491 e. The molecule has 20 heavy (non-hydrogen) atoms. The Hall–Kier alpha value is -2.01. The summed E-state index contributed by atoms with van der Waals surface area (Å²) in [6, 6.07) is 7.83. The van der Waals surface area contributed by atoms with Gasteiger partial charge in [-0.3, -0.25) is 4.79 Å². The number of para-hydroxylation sites is 1. The topological polar surface area (TPSA) is 58.2 Å². The summed E-state index contributed by atoms with van der Waals surface area (Å²) < 4.78 is 5.71. The first-order chi connectivity index (χ1) is 9.59. The van der Waals surface area contributed by atoms with Crippen molar-refractivity contribution in [3.05, 3.63) is 51.4 Å². The Morgan fingerprint density at radius 2 is 2.15 bits per heavy atom. The van der Waals surface area contributed by atoms with Gasteiger partial charge in [-0.2, -0.15) is 5.10 Å². The lowest BCUT2D eigenvalue weighted by atomic mass is 10.2. The number of aromatic amines is 1. The van der Waals surface area contributed by atoms with Gasteiger partial charge in [0, 0.05) is 7.05 Å². The van der Waals surface area contributed by atoms with Crippen LogP contribution in [0.1, 0.15) is 5.56 Å². The molecular weight excluding hydrogens is 278 g/mol. The van der Waals surface area contributed by atoms with E-state index in [9.17, 15) is 4.79 Å². The zero-order chi connectivity index (χ0) is 14.5. The molecule has 1 aromatic carbocycles. The van der Waals surface area contributed by atoms with Crippen molar-refractivity contribution in [2.45, 2.75) is 6.92 Å². The van der Waals surface area contributed by atoms with Crippen molar-refractivity contribution in [2.75, 3.05) is 25.1 Å². The molecule has 106 valence electrons. The normalized spacial score (nSPS) is 10.3. The molecule has 6 heteroatoms. The number of anilines is 1. The molecule has 0 spiro atoms. The number of halogens is 1. The minimum absolute atomic E-state index is 0.137. The number of benzene rings is 1. The maximum Gasteiger partial charge on any atom is 0.285 e. The highest BCUT2D eigenvalue weighted by atomic mass is 35.5. The first-order valence-corrected chi connectivity index (χ1v) is 6.60. The van der Waals surface area contributed by atoms with Gasteiger partial charge in [-0.25, -0.2) is 5.10 Å². The van der Waals surface area contributed by atoms with Gasteiger partial charge in [-0.15, -0.1) is 0 Å². The quantitative estimate of drug-likeness (QED) is 0.918. The van der Waals surface area contributed by atoms with E-state index >= 15 is 0 Å². The number of nitrogens with one attached hydrogen (secondary N) is 1. The number of H-pyrrole nitrogens is 1. The number of rotatable bonds is 5. The molecule has 2 rings (SSSR count). The number of hydrogen-bond donors (Lipinski definition) is 1. The van der Waals surface area contributed by atoms with Gasteiger partial charge in [0.05, 0.1) is 18.4 Å². The first-order valence-electron chi connectivity index (χ1n) is 6.22. The van der Waals surface area contributed by atoms with E-state index in [1.54, 1.807) is 0 Å². The summed E-state index contributed by atoms with van der Waals surface area (Å²) in [5.74, 6) is 0.857.